The number of nitrogens with zero attached hydrogens (tertiary/aromatic N) is 2. The summed E-state index contributed by atoms with van der Waals surface area (Å²) in [5.41, 5.74) is 15.0. The first-order chi connectivity index (χ1) is 16.0. The predicted molar refractivity (Wildman–Crippen MR) is 135 cm³/mol. The number of halogens is 2. The highest BCUT2D eigenvalue weighted by molar-refractivity contribution is 6.33. The topological polar surface area (TPSA) is 133 Å². The average Bonchev–Trinajstić information content (AvgIpc) is 2.75. The maximum atomic E-state index is 13.2. The van der Waals surface area contributed by atoms with Gasteiger partial charge in [-0.3, -0.25) is 0 Å². The number of nitrogen functional groups attached to an aromatic ring is 1. The molecule has 2 aromatic carbocycles. The van der Waals surface area contributed by atoms with E-state index in [4.69, 9.17) is 23.1 Å². The van der Waals surface area contributed by atoms with Crippen molar-refractivity contribution in [1.29, 1.82) is 0 Å². The third kappa shape index (κ3) is 6.76. The van der Waals surface area contributed by atoms with Crippen LogP contribution < -0.4 is 27.1 Å². The van der Waals surface area contributed by atoms with Gasteiger partial charge in [0.2, 0.25) is 5.95 Å². The summed E-state index contributed by atoms with van der Waals surface area (Å²) in [4.78, 5) is 23.9. The van der Waals surface area contributed by atoms with E-state index in [0.29, 0.717) is 22.7 Å². The van der Waals surface area contributed by atoms with Crippen molar-refractivity contribution in [2.45, 2.75) is 26.3 Å². The number of benzene rings is 2. The number of aromatic nitrogens is 2. The SMILES string of the molecule is CC(C)(C)[NH+]=CC(=C(N)c1ccnc(N)n1)c1cccc(NC(=O)Nc2ccc(F)cc2Cl)c1. The Morgan fingerprint density at radius 3 is 2.59 bits per heavy atom. The Kier molecular flexibility index (Phi) is 7.47. The molecule has 3 rings (SSSR count). The van der Waals surface area contributed by atoms with Gasteiger partial charge in [-0.2, -0.15) is 0 Å². The summed E-state index contributed by atoms with van der Waals surface area (Å²) < 4.78 is 13.2. The minimum atomic E-state index is -0.537. The fourth-order valence-electron chi connectivity index (χ4n) is 2.91. The number of amides is 2. The number of hydrogen-bond donors (Lipinski definition) is 5. The standard InChI is InChI=1S/C24H25ClFN7O/c1-24(2,3)30-13-17(21(27)20-9-10-29-22(28)32-20)14-5-4-6-16(11-14)31-23(34)33-19-8-7-15(26)12-18(19)25/h4-13H,27H2,1-3H3,(H2,28,29,32)(H2,31,33,34)/p+1. The number of carbonyl (C=O) groups is 1. The first-order valence-corrected chi connectivity index (χ1v) is 10.7. The molecule has 0 atom stereocenters. The van der Waals surface area contributed by atoms with Crippen molar-refractivity contribution in [3.8, 4) is 0 Å². The maximum Gasteiger partial charge on any atom is 0.323 e. The van der Waals surface area contributed by atoms with Crippen LogP contribution in [0, 0.1) is 5.82 Å². The van der Waals surface area contributed by atoms with Crippen molar-refractivity contribution in [2.75, 3.05) is 16.4 Å². The smallest absolute Gasteiger partial charge is 0.323 e. The molecular weight excluding hydrogens is 457 g/mol. The van der Waals surface area contributed by atoms with Crippen molar-refractivity contribution in [2.24, 2.45) is 5.73 Å². The van der Waals surface area contributed by atoms with E-state index in [1.54, 1.807) is 30.5 Å². The molecule has 0 saturated carbocycles. The first kappa shape index (κ1) is 24.7. The molecule has 0 aliphatic rings. The van der Waals surface area contributed by atoms with Gasteiger partial charge in [0.25, 0.3) is 0 Å². The molecule has 0 saturated heterocycles. The van der Waals surface area contributed by atoms with Gasteiger partial charge in [0, 0.05) is 11.9 Å². The summed E-state index contributed by atoms with van der Waals surface area (Å²) in [7, 11) is 0. The zero-order valence-electron chi connectivity index (χ0n) is 19.0. The zero-order valence-corrected chi connectivity index (χ0v) is 19.7. The summed E-state index contributed by atoms with van der Waals surface area (Å²) in [5, 5.41) is 5.43. The van der Waals surface area contributed by atoms with Gasteiger partial charge in [-0.15, -0.1) is 0 Å². The number of rotatable bonds is 5. The van der Waals surface area contributed by atoms with Gasteiger partial charge in [-0.1, -0.05) is 23.7 Å². The highest BCUT2D eigenvalue weighted by Gasteiger charge is 2.17. The monoisotopic (exact) mass is 482 g/mol. The van der Waals surface area contributed by atoms with Gasteiger partial charge >= 0.3 is 6.03 Å². The molecule has 10 heteroatoms. The molecule has 0 bridgehead atoms. The zero-order chi connectivity index (χ0) is 24.9. The summed E-state index contributed by atoms with van der Waals surface area (Å²) in [5.74, 6) is -0.388. The van der Waals surface area contributed by atoms with Crippen molar-refractivity contribution in [1.82, 2.24) is 9.97 Å². The minimum absolute atomic E-state index is 0.0915. The van der Waals surface area contributed by atoms with Gasteiger partial charge in [0.1, 0.15) is 5.82 Å². The van der Waals surface area contributed by atoms with Crippen LogP contribution in [-0.4, -0.2) is 27.8 Å². The third-order valence-corrected chi connectivity index (χ3v) is 4.81. The van der Waals surface area contributed by atoms with Crippen molar-refractivity contribution < 1.29 is 14.2 Å². The molecule has 2 amide bonds. The highest BCUT2D eigenvalue weighted by Crippen LogP contribution is 2.24. The Bertz CT molecular complexity index is 1270. The van der Waals surface area contributed by atoms with Gasteiger partial charge in [-0.05, 0) is 62.7 Å². The van der Waals surface area contributed by atoms with Crippen LogP contribution in [-0.2, 0) is 0 Å². The maximum absolute atomic E-state index is 13.2. The molecule has 1 heterocycles. The molecule has 34 heavy (non-hydrogen) atoms. The Hall–Kier alpha value is -3.98. The molecular formula is C24H26ClFN7O+. The molecule has 8 nitrogen and oxygen atoms in total. The second-order valence-electron chi connectivity index (χ2n) is 8.45. The van der Waals surface area contributed by atoms with Crippen LogP contribution in [0.1, 0.15) is 32.0 Å². The quantitative estimate of drug-likeness (QED) is 0.356. The fourth-order valence-corrected chi connectivity index (χ4v) is 3.12. The fraction of sp³-hybridized carbons (Fsp3) is 0.167. The Labute approximate surface area is 202 Å². The van der Waals surface area contributed by atoms with Crippen LogP contribution in [0.2, 0.25) is 5.02 Å². The van der Waals surface area contributed by atoms with Crippen LogP contribution in [0.4, 0.5) is 26.5 Å². The lowest BCUT2D eigenvalue weighted by Crippen LogP contribution is -2.81. The van der Waals surface area contributed by atoms with Crippen LogP contribution in [0.15, 0.2) is 54.7 Å². The van der Waals surface area contributed by atoms with E-state index in [1.807, 2.05) is 26.8 Å². The molecule has 0 unspecified atom stereocenters. The molecule has 7 N–H and O–H groups in total. The van der Waals surface area contributed by atoms with Gasteiger partial charge in [-0.25, -0.2) is 24.1 Å². The first-order valence-electron chi connectivity index (χ1n) is 10.3. The van der Waals surface area contributed by atoms with Crippen molar-refractivity contribution in [3.05, 3.63) is 76.8 Å². The third-order valence-electron chi connectivity index (χ3n) is 4.50. The lowest BCUT2D eigenvalue weighted by atomic mass is 10.0. The van der Waals surface area contributed by atoms with E-state index in [1.165, 1.54) is 18.3 Å². The highest BCUT2D eigenvalue weighted by atomic mass is 35.5. The summed E-state index contributed by atoms with van der Waals surface area (Å²) >= 11 is 5.99. The second kappa shape index (κ2) is 10.3. The van der Waals surface area contributed by atoms with E-state index in [0.717, 1.165) is 11.6 Å². The van der Waals surface area contributed by atoms with E-state index >= 15 is 0 Å². The molecule has 0 fully saturated rings. The molecule has 0 aliphatic heterocycles. The number of allylic oxidation sites excluding steroid dienone is 1. The molecule has 3 aromatic rings. The van der Waals surface area contributed by atoms with Crippen LogP contribution in [0.5, 0.6) is 0 Å². The number of nitrogens with two attached hydrogens (primary N) is 2. The van der Waals surface area contributed by atoms with E-state index in [-0.39, 0.29) is 22.2 Å². The van der Waals surface area contributed by atoms with Crippen LogP contribution in [0.25, 0.3) is 11.3 Å². The second-order valence-corrected chi connectivity index (χ2v) is 8.86. The lowest BCUT2D eigenvalue weighted by molar-refractivity contribution is -0.533. The Balaban J connectivity index is 1.93. The van der Waals surface area contributed by atoms with E-state index in [9.17, 15) is 9.18 Å². The number of nitrogens with one attached hydrogen (secondary N) is 3. The molecule has 0 radical (unpaired) electrons. The molecule has 1 aromatic heterocycles. The average molecular weight is 483 g/mol. The normalized spacial score (nSPS) is 12.4. The van der Waals surface area contributed by atoms with Gasteiger partial charge in [0.15, 0.2) is 11.8 Å². The number of anilines is 3. The van der Waals surface area contributed by atoms with Crippen molar-refractivity contribution in [3.63, 3.8) is 0 Å². The largest absolute Gasteiger partial charge is 0.396 e. The number of carbonyl (C=O) groups excluding carboxylic acids is 1. The van der Waals surface area contributed by atoms with Gasteiger partial charge < -0.3 is 22.1 Å². The molecule has 0 aliphatic carbocycles. The van der Waals surface area contributed by atoms with Crippen LogP contribution >= 0.6 is 11.6 Å². The predicted octanol–water partition coefficient (Wildman–Crippen LogP) is 3.27. The lowest BCUT2D eigenvalue weighted by Gasteiger charge is -2.12. The summed E-state index contributed by atoms with van der Waals surface area (Å²) in [6, 6.07) is 12.0. The van der Waals surface area contributed by atoms with Crippen molar-refractivity contribution >= 4 is 52.4 Å². The Morgan fingerprint density at radius 1 is 1.15 bits per heavy atom. The summed E-state index contributed by atoms with van der Waals surface area (Å²) in [6.07, 6.45) is 3.33. The number of urea groups is 1. The summed E-state index contributed by atoms with van der Waals surface area (Å²) in [6.45, 7) is 6.05. The van der Waals surface area contributed by atoms with Gasteiger partial charge in [0.05, 0.1) is 27.7 Å². The molecule has 176 valence electrons. The van der Waals surface area contributed by atoms with Crippen LogP contribution in [0.3, 0.4) is 0 Å². The van der Waals surface area contributed by atoms with E-state index in [2.05, 4.69) is 25.6 Å². The Morgan fingerprint density at radius 2 is 1.91 bits per heavy atom. The number of hydrogen-bond acceptors (Lipinski definition) is 5. The molecule has 0 spiro atoms. The minimum Gasteiger partial charge on any atom is -0.396 e. The van der Waals surface area contributed by atoms with E-state index < -0.39 is 11.8 Å².